The average molecular weight is 619 g/mol. The fraction of sp³-hybridized carbons (Fsp3) is 0.476. The summed E-state index contributed by atoms with van der Waals surface area (Å²) < 4.78 is 50.4. The van der Waals surface area contributed by atoms with Crippen LogP contribution in [0.3, 0.4) is 0 Å². The van der Waals surface area contributed by atoms with Crippen molar-refractivity contribution in [3.63, 3.8) is 0 Å². The van der Waals surface area contributed by atoms with Crippen molar-refractivity contribution in [2.24, 2.45) is 0 Å². The first kappa shape index (κ1) is 30.1. The Bertz CT molecular complexity index is 1480. The topological polar surface area (TPSA) is 271 Å². The molecule has 18 nitrogen and oxygen atoms in total. The minimum Gasteiger partial charge on any atom is -0.390 e. The second kappa shape index (κ2) is 11.7. The standard InChI is InChI=1S/C21H27N5O13P2/c22-18-15-20(24-9-23-18)26(19(25-15)10-4-2-1-3-5-10)14-6-11(27)12(37-14)7-35-40(31,32)39-41(33,34)36-8-13-16(28)17(29)21(30)38-13/h1-5,9,11-14,16-17,21,27-30H,6-8H2,(H,31,32)(H,33,34)(H2,22,23,24)/t11-,12+,13+,14+,16+,17+,21?/m0/s1. The van der Waals surface area contributed by atoms with E-state index in [1.54, 1.807) is 28.8 Å². The van der Waals surface area contributed by atoms with Crippen LogP contribution in [0.4, 0.5) is 5.82 Å². The highest BCUT2D eigenvalue weighted by Gasteiger charge is 2.45. The number of anilines is 1. The van der Waals surface area contributed by atoms with E-state index in [0.29, 0.717) is 22.6 Å². The van der Waals surface area contributed by atoms with E-state index in [1.165, 1.54) is 6.33 Å². The predicted molar refractivity (Wildman–Crippen MR) is 135 cm³/mol. The van der Waals surface area contributed by atoms with Gasteiger partial charge in [0.2, 0.25) is 0 Å². The maximum atomic E-state index is 12.4. The van der Waals surface area contributed by atoms with Gasteiger partial charge in [-0.05, 0) is 0 Å². The van der Waals surface area contributed by atoms with Crippen molar-refractivity contribution >= 4 is 32.6 Å². The molecule has 4 heterocycles. The van der Waals surface area contributed by atoms with Gasteiger partial charge in [-0.15, -0.1) is 0 Å². The number of imidazole rings is 1. The maximum Gasteiger partial charge on any atom is 0.481 e. The van der Waals surface area contributed by atoms with Crippen molar-refractivity contribution in [3.05, 3.63) is 36.7 Å². The Hall–Kier alpha value is -2.41. The molecule has 2 fully saturated rings. The Morgan fingerprint density at radius 3 is 2.24 bits per heavy atom. The zero-order valence-corrected chi connectivity index (χ0v) is 22.7. The molecule has 41 heavy (non-hydrogen) atoms. The molecular formula is C21H27N5O13P2. The molecule has 20 heteroatoms. The van der Waals surface area contributed by atoms with E-state index in [0.717, 1.165) is 0 Å². The highest BCUT2D eigenvalue weighted by Crippen LogP contribution is 2.60. The summed E-state index contributed by atoms with van der Waals surface area (Å²) in [5, 5.41) is 39.2. The van der Waals surface area contributed by atoms with Gasteiger partial charge in [0.1, 0.15) is 42.8 Å². The average Bonchev–Trinajstić information content (AvgIpc) is 3.56. The Balaban J connectivity index is 1.24. The lowest BCUT2D eigenvalue weighted by molar-refractivity contribution is -0.132. The van der Waals surface area contributed by atoms with Crippen LogP contribution in [0.25, 0.3) is 22.6 Å². The Morgan fingerprint density at radius 2 is 1.61 bits per heavy atom. The molecule has 8 N–H and O–H groups in total. The lowest BCUT2D eigenvalue weighted by Gasteiger charge is -2.21. The molecule has 5 rings (SSSR count). The second-order valence-corrected chi connectivity index (χ2v) is 12.2. The van der Waals surface area contributed by atoms with Crippen molar-refractivity contribution in [2.45, 2.75) is 49.5 Å². The van der Waals surface area contributed by atoms with E-state index in [2.05, 4.69) is 23.8 Å². The van der Waals surface area contributed by atoms with Crippen molar-refractivity contribution in [2.75, 3.05) is 18.9 Å². The minimum absolute atomic E-state index is 0.0111. The molecule has 0 aliphatic carbocycles. The summed E-state index contributed by atoms with van der Waals surface area (Å²) in [7, 11) is -10.5. The number of phosphoric acid groups is 2. The summed E-state index contributed by atoms with van der Waals surface area (Å²) in [6.45, 7) is -1.62. The normalized spacial score (nSPS) is 31.3. The first-order valence-electron chi connectivity index (χ1n) is 12.1. The molecule has 2 aromatic heterocycles. The molecule has 1 aromatic carbocycles. The van der Waals surface area contributed by atoms with E-state index in [4.69, 9.17) is 19.7 Å². The quantitative estimate of drug-likeness (QED) is 0.140. The number of benzene rings is 1. The van der Waals surface area contributed by atoms with Gasteiger partial charge in [-0.3, -0.25) is 13.6 Å². The van der Waals surface area contributed by atoms with Crippen LogP contribution in [-0.2, 0) is 32.0 Å². The van der Waals surface area contributed by atoms with Crippen molar-refractivity contribution < 1.29 is 62.2 Å². The molecule has 0 saturated carbocycles. The van der Waals surface area contributed by atoms with Crippen molar-refractivity contribution in [3.8, 4) is 11.4 Å². The Kier molecular flexibility index (Phi) is 8.58. The largest absolute Gasteiger partial charge is 0.481 e. The number of nitrogens with two attached hydrogens (primary N) is 1. The van der Waals surface area contributed by atoms with Crippen LogP contribution in [0.1, 0.15) is 12.6 Å². The number of hydrogen-bond acceptors (Lipinski definition) is 15. The van der Waals surface area contributed by atoms with Gasteiger partial charge in [0.25, 0.3) is 0 Å². The number of aliphatic hydroxyl groups is 4. The molecule has 3 unspecified atom stereocenters. The third kappa shape index (κ3) is 6.50. The van der Waals surface area contributed by atoms with Gasteiger partial charge in [0, 0.05) is 12.0 Å². The van der Waals surface area contributed by atoms with Gasteiger partial charge in [-0.2, -0.15) is 4.31 Å². The number of aliphatic hydroxyl groups excluding tert-OH is 4. The molecule has 2 aliphatic heterocycles. The van der Waals surface area contributed by atoms with Crippen LogP contribution in [0.5, 0.6) is 0 Å². The third-order valence-electron chi connectivity index (χ3n) is 6.38. The van der Waals surface area contributed by atoms with Gasteiger partial charge in [-0.1, -0.05) is 30.3 Å². The fourth-order valence-corrected chi connectivity index (χ4v) is 6.48. The molecule has 0 spiro atoms. The number of phosphoric ester groups is 2. The summed E-state index contributed by atoms with van der Waals surface area (Å²) in [5.41, 5.74) is 7.30. The zero-order chi connectivity index (χ0) is 29.5. The molecule has 2 aliphatic rings. The lowest BCUT2D eigenvalue weighted by Crippen LogP contribution is -2.34. The second-order valence-electron chi connectivity index (χ2n) is 9.19. The monoisotopic (exact) mass is 619 g/mol. The van der Waals surface area contributed by atoms with Gasteiger partial charge >= 0.3 is 15.6 Å². The van der Waals surface area contributed by atoms with E-state index in [1.807, 2.05) is 6.07 Å². The van der Waals surface area contributed by atoms with Crippen LogP contribution >= 0.6 is 15.6 Å². The van der Waals surface area contributed by atoms with E-state index < -0.39 is 71.9 Å². The number of nitrogen functional groups attached to an aromatic ring is 1. The Labute approximate surface area is 231 Å². The third-order valence-corrected chi connectivity index (χ3v) is 8.98. The van der Waals surface area contributed by atoms with Crippen LogP contribution in [-0.4, -0.2) is 99.8 Å². The highest BCUT2D eigenvalue weighted by molar-refractivity contribution is 7.61. The summed E-state index contributed by atoms with van der Waals surface area (Å²) in [6, 6.07) is 9.01. The molecule has 2 saturated heterocycles. The molecule has 3 aromatic rings. The lowest BCUT2D eigenvalue weighted by atomic mass is 10.1. The van der Waals surface area contributed by atoms with Gasteiger partial charge < -0.3 is 45.4 Å². The minimum atomic E-state index is -5.27. The Morgan fingerprint density at radius 1 is 0.951 bits per heavy atom. The predicted octanol–water partition coefficient (Wildman–Crippen LogP) is -0.587. The number of ether oxygens (including phenoxy) is 2. The number of nitrogens with zero attached hydrogens (tertiary/aromatic N) is 4. The molecule has 224 valence electrons. The van der Waals surface area contributed by atoms with Crippen LogP contribution in [0.15, 0.2) is 36.7 Å². The molecule has 0 bridgehead atoms. The van der Waals surface area contributed by atoms with Crippen LogP contribution in [0.2, 0.25) is 0 Å². The number of fused-ring (bicyclic) bond motifs is 1. The van der Waals surface area contributed by atoms with Gasteiger partial charge in [0.15, 0.2) is 23.3 Å². The SMILES string of the molecule is Nc1ncnc2c1nc(-c1ccccc1)n2[C@H]1C[C@H](O)[C@@H](COP(=O)(O)OP(=O)(O)OC[C@H]2OC(O)[C@H](O)[C@@H]2O)O1. The molecule has 0 amide bonds. The number of aromatic nitrogens is 4. The fourth-order valence-electron chi connectivity index (χ4n) is 4.39. The first-order chi connectivity index (χ1) is 19.3. The summed E-state index contributed by atoms with van der Waals surface area (Å²) in [4.78, 5) is 32.6. The van der Waals surface area contributed by atoms with Gasteiger partial charge in [0.05, 0.1) is 19.3 Å². The molecule has 0 radical (unpaired) electrons. The summed E-state index contributed by atoms with van der Waals surface area (Å²) in [5.74, 6) is 0.539. The first-order valence-corrected chi connectivity index (χ1v) is 15.1. The maximum absolute atomic E-state index is 12.4. The number of hydrogen-bond donors (Lipinski definition) is 7. The summed E-state index contributed by atoms with van der Waals surface area (Å²) >= 11 is 0. The van der Waals surface area contributed by atoms with Gasteiger partial charge in [-0.25, -0.2) is 24.1 Å². The van der Waals surface area contributed by atoms with E-state index in [-0.39, 0.29) is 12.2 Å². The van der Waals surface area contributed by atoms with Crippen LogP contribution < -0.4 is 5.73 Å². The molecule has 9 atom stereocenters. The summed E-state index contributed by atoms with van der Waals surface area (Å²) in [6.07, 6.45) is -8.58. The van der Waals surface area contributed by atoms with E-state index >= 15 is 0 Å². The van der Waals surface area contributed by atoms with E-state index in [9.17, 15) is 39.3 Å². The van der Waals surface area contributed by atoms with Crippen LogP contribution in [0, 0.1) is 0 Å². The smallest absolute Gasteiger partial charge is 0.390 e. The number of rotatable bonds is 10. The van der Waals surface area contributed by atoms with Crippen molar-refractivity contribution in [1.29, 1.82) is 0 Å². The highest BCUT2D eigenvalue weighted by atomic mass is 31.3. The zero-order valence-electron chi connectivity index (χ0n) is 20.9. The van der Waals surface area contributed by atoms with Crippen molar-refractivity contribution in [1.82, 2.24) is 19.5 Å². The molecular weight excluding hydrogens is 592 g/mol.